The van der Waals surface area contributed by atoms with Crippen LogP contribution in [0.25, 0.3) is 0 Å². The van der Waals surface area contributed by atoms with E-state index in [1.54, 1.807) is 26.0 Å². The summed E-state index contributed by atoms with van der Waals surface area (Å²) in [5.41, 5.74) is 1.18. The predicted octanol–water partition coefficient (Wildman–Crippen LogP) is 4.51. The Bertz CT molecular complexity index is 1280. The lowest BCUT2D eigenvalue weighted by Crippen LogP contribution is -2.11. The molecule has 0 aromatic heterocycles. The van der Waals surface area contributed by atoms with Crippen LogP contribution in [0.5, 0.6) is 28.7 Å². The van der Waals surface area contributed by atoms with Crippen molar-refractivity contribution in [2.45, 2.75) is 20.5 Å². The SMILES string of the molecule is COc1cc(C(=O)OCc2ccccc2)c2c(c1C)OC(=O)c1c(C)cc(O)c(C=O)c1O2. The molecule has 0 aliphatic carbocycles. The fourth-order valence-electron chi connectivity index (χ4n) is 3.60. The summed E-state index contributed by atoms with van der Waals surface area (Å²) >= 11 is 0. The first-order valence-corrected chi connectivity index (χ1v) is 10.00. The molecule has 1 N–H and O–H groups in total. The van der Waals surface area contributed by atoms with Crippen LogP contribution >= 0.6 is 0 Å². The number of hydrogen-bond donors (Lipinski definition) is 1. The van der Waals surface area contributed by atoms with Gasteiger partial charge in [0, 0.05) is 5.56 Å². The maximum Gasteiger partial charge on any atom is 0.347 e. The van der Waals surface area contributed by atoms with Gasteiger partial charge in [0.25, 0.3) is 0 Å². The van der Waals surface area contributed by atoms with E-state index in [0.29, 0.717) is 17.4 Å². The van der Waals surface area contributed by atoms with Crippen molar-refractivity contribution in [2.24, 2.45) is 0 Å². The van der Waals surface area contributed by atoms with Crippen LogP contribution < -0.4 is 14.2 Å². The lowest BCUT2D eigenvalue weighted by Gasteiger charge is -2.17. The molecule has 1 heterocycles. The molecule has 1 aliphatic rings. The van der Waals surface area contributed by atoms with Crippen LogP contribution in [-0.4, -0.2) is 30.4 Å². The molecule has 3 aromatic carbocycles. The summed E-state index contributed by atoms with van der Waals surface area (Å²) in [4.78, 5) is 37.7. The van der Waals surface area contributed by atoms with Gasteiger partial charge in [0.2, 0.25) is 0 Å². The average molecular weight is 448 g/mol. The van der Waals surface area contributed by atoms with Gasteiger partial charge in [0.1, 0.15) is 29.2 Å². The predicted molar refractivity (Wildman–Crippen MR) is 117 cm³/mol. The Morgan fingerprint density at radius 2 is 1.79 bits per heavy atom. The Morgan fingerprint density at radius 1 is 1.06 bits per heavy atom. The van der Waals surface area contributed by atoms with Gasteiger partial charge in [-0.1, -0.05) is 30.3 Å². The fourth-order valence-corrected chi connectivity index (χ4v) is 3.60. The molecule has 0 saturated heterocycles. The first kappa shape index (κ1) is 21.9. The van der Waals surface area contributed by atoms with Crippen molar-refractivity contribution >= 4 is 18.2 Å². The van der Waals surface area contributed by atoms with Crippen molar-refractivity contribution in [3.8, 4) is 28.7 Å². The molecule has 0 unspecified atom stereocenters. The van der Waals surface area contributed by atoms with Gasteiger partial charge in [0.05, 0.1) is 12.7 Å². The molecular weight excluding hydrogens is 428 g/mol. The number of esters is 2. The molecule has 0 atom stereocenters. The molecule has 8 heteroatoms. The molecule has 3 aromatic rings. The Kier molecular flexibility index (Phi) is 5.74. The third kappa shape index (κ3) is 3.87. The van der Waals surface area contributed by atoms with Crippen LogP contribution in [0.1, 0.15) is 47.8 Å². The lowest BCUT2D eigenvalue weighted by atomic mass is 10.0. The average Bonchev–Trinajstić information content (AvgIpc) is 2.95. The highest BCUT2D eigenvalue weighted by atomic mass is 16.6. The Labute approximate surface area is 189 Å². The second-order valence-electron chi connectivity index (χ2n) is 7.41. The van der Waals surface area contributed by atoms with Crippen LogP contribution in [-0.2, 0) is 11.3 Å². The lowest BCUT2D eigenvalue weighted by molar-refractivity contribution is 0.0467. The summed E-state index contributed by atoms with van der Waals surface area (Å²) in [5, 5.41) is 10.2. The summed E-state index contributed by atoms with van der Waals surface area (Å²) in [5.74, 6) is -2.01. The molecule has 0 amide bonds. The molecule has 4 rings (SSSR count). The van der Waals surface area contributed by atoms with E-state index < -0.39 is 11.9 Å². The third-order valence-corrected chi connectivity index (χ3v) is 5.31. The molecule has 0 saturated carbocycles. The maximum atomic E-state index is 13.0. The van der Waals surface area contributed by atoms with E-state index in [1.807, 2.05) is 18.2 Å². The zero-order chi connectivity index (χ0) is 23.7. The first-order valence-electron chi connectivity index (χ1n) is 10.00. The Hall–Kier alpha value is -4.33. The molecule has 8 nitrogen and oxygen atoms in total. The molecule has 0 radical (unpaired) electrons. The number of ether oxygens (including phenoxy) is 4. The number of rotatable bonds is 5. The van der Waals surface area contributed by atoms with Crippen molar-refractivity contribution in [1.82, 2.24) is 0 Å². The zero-order valence-electron chi connectivity index (χ0n) is 18.1. The first-order chi connectivity index (χ1) is 15.8. The molecule has 168 valence electrons. The summed E-state index contributed by atoms with van der Waals surface area (Å²) in [6.07, 6.45) is 0.371. The van der Waals surface area contributed by atoms with Crippen molar-refractivity contribution < 1.29 is 38.4 Å². The minimum atomic E-state index is -0.802. The molecule has 0 fully saturated rings. The highest BCUT2D eigenvalue weighted by Crippen LogP contribution is 2.48. The van der Waals surface area contributed by atoms with Gasteiger partial charge in [0.15, 0.2) is 23.5 Å². The standard InChI is InChI=1S/C25H20O8/c1-13-9-18(27)17(11-26)22-20(13)25(29)33-21-14(2)19(30-3)10-16(23(21)32-22)24(28)31-12-15-7-5-4-6-8-15/h4-11,27H,12H2,1-3H3. The number of benzene rings is 3. The number of carbonyl (C=O) groups is 3. The highest BCUT2D eigenvalue weighted by Gasteiger charge is 2.34. The zero-order valence-corrected chi connectivity index (χ0v) is 18.1. The quantitative estimate of drug-likeness (QED) is 0.345. The number of fused-ring (bicyclic) bond motifs is 2. The van der Waals surface area contributed by atoms with Crippen LogP contribution in [0.3, 0.4) is 0 Å². The van der Waals surface area contributed by atoms with E-state index in [-0.39, 0.29) is 52.0 Å². The molecule has 33 heavy (non-hydrogen) atoms. The number of aryl methyl sites for hydroxylation is 1. The monoisotopic (exact) mass is 448 g/mol. The van der Waals surface area contributed by atoms with Crippen molar-refractivity contribution in [2.75, 3.05) is 7.11 Å². The van der Waals surface area contributed by atoms with E-state index in [1.165, 1.54) is 19.2 Å². The fraction of sp³-hybridized carbons (Fsp3) is 0.160. The van der Waals surface area contributed by atoms with E-state index >= 15 is 0 Å². The van der Waals surface area contributed by atoms with Gasteiger partial charge in [-0.05, 0) is 37.1 Å². The second-order valence-corrected chi connectivity index (χ2v) is 7.41. The van der Waals surface area contributed by atoms with Gasteiger partial charge in [-0.2, -0.15) is 0 Å². The van der Waals surface area contributed by atoms with E-state index in [0.717, 1.165) is 5.56 Å². The topological polar surface area (TPSA) is 108 Å². The molecule has 1 aliphatic heterocycles. The summed E-state index contributed by atoms with van der Waals surface area (Å²) in [6.45, 7) is 3.20. The molecule has 0 spiro atoms. The molecular formula is C25H20O8. The summed E-state index contributed by atoms with van der Waals surface area (Å²) in [7, 11) is 1.41. The van der Waals surface area contributed by atoms with Crippen LogP contribution in [0.4, 0.5) is 0 Å². The van der Waals surface area contributed by atoms with E-state index in [2.05, 4.69) is 0 Å². The highest BCUT2D eigenvalue weighted by molar-refractivity contribution is 6.03. The summed E-state index contributed by atoms with van der Waals surface area (Å²) in [6, 6.07) is 11.8. The molecule has 0 bridgehead atoms. The van der Waals surface area contributed by atoms with Crippen LogP contribution in [0, 0.1) is 13.8 Å². The number of aldehydes is 1. The number of phenolic OH excluding ortho intramolecular Hbond substituents is 1. The number of carbonyl (C=O) groups excluding carboxylic acids is 3. The van der Waals surface area contributed by atoms with Crippen LogP contribution in [0.2, 0.25) is 0 Å². The largest absolute Gasteiger partial charge is 0.507 e. The Morgan fingerprint density at radius 3 is 2.45 bits per heavy atom. The van der Waals surface area contributed by atoms with Gasteiger partial charge in [-0.25, -0.2) is 9.59 Å². The van der Waals surface area contributed by atoms with E-state index in [9.17, 15) is 19.5 Å². The van der Waals surface area contributed by atoms with Crippen molar-refractivity contribution in [1.29, 1.82) is 0 Å². The summed E-state index contributed by atoms with van der Waals surface area (Å²) < 4.78 is 22.3. The van der Waals surface area contributed by atoms with Gasteiger partial charge >= 0.3 is 11.9 Å². The maximum absolute atomic E-state index is 13.0. The van der Waals surface area contributed by atoms with E-state index in [4.69, 9.17) is 18.9 Å². The number of hydrogen-bond acceptors (Lipinski definition) is 8. The number of methoxy groups -OCH3 is 1. The third-order valence-electron chi connectivity index (χ3n) is 5.31. The van der Waals surface area contributed by atoms with Crippen molar-refractivity contribution in [3.63, 3.8) is 0 Å². The van der Waals surface area contributed by atoms with Gasteiger partial charge in [-0.15, -0.1) is 0 Å². The second kappa shape index (κ2) is 8.66. The van der Waals surface area contributed by atoms with Gasteiger partial charge < -0.3 is 24.1 Å². The van der Waals surface area contributed by atoms with Crippen LogP contribution in [0.15, 0.2) is 42.5 Å². The Balaban J connectivity index is 1.86. The smallest absolute Gasteiger partial charge is 0.347 e. The number of aromatic hydroxyl groups is 1. The van der Waals surface area contributed by atoms with Gasteiger partial charge in [-0.3, -0.25) is 4.79 Å². The number of phenols is 1. The normalized spacial score (nSPS) is 11.9. The minimum Gasteiger partial charge on any atom is -0.507 e. The minimum absolute atomic E-state index is 0.000493. The van der Waals surface area contributed by atoms with Crippen molar-refractivity contribution in [3.05, 3.63) is 75.8 Å².